The van der Waals surface area contributed by atoms with Gasteiger partial charge in [0.15, 0.2) is 0 Å². The lowest BCUT2D eigenvalue weighted by Crippen LogP contribution is -2.14. The number of amides is 1. The number of ether oxygens (including phenoxy) is 3. The van der Waals surface area contributed by atoms with Crippen LogP contribution in [0, 0.1) is 20.8 Å². The van der Waals surface area contributed by atoms with Gasteiger partial charge in [-0.3, -0.25) is 4.79 Å². The smallest absolute Gasteiger partial charge is 0.255 e. The molecule has 3 aromatic rings. The Morgan fingerprint density at radius 2 is 1.57 bits per heavy atom. The SMILES string of the molecule is COc1cccc(OCc2cc(C(=O)Nc3c(C)cc(C)cc3C)ccc2OC)c1. The van der Waals surface area contributed by atoms with E-state index in [0.29, 0.717) is 17.1 Å². The van der Waals surface area contributed by atoms with Crippen molar-refractivity contribution in [3.05, 3.63) is 82.4 Å². The maximum absolute atomic E-state index is 12.9. The molecule has 0 aromatic heterocycles. The molecule has 0 unspecified atom stereocenters. The van der Waals surface area contributed by atoms with Gasteiger partial charge in [0, 0.05) is 22.9 Å². The van der Waals surface area contributed by atoms with Crippen molar-refractivity contribution in [2.45, 2.75) is 27.4 Å². The molecular formula is C25H27NO4. The summed E-state index contributed by atoms with van der Waals surface area (Å²) in [5.74, 6) is 1.89. The van der Waals surface area contributed by atoms with Crippen LogP contribution in [0.1, 0.15) is 32.6 Å². The normalized spacial score (nSPS) is 10.4. The summed E-state index contributed by atoms with van der Waals surface area (Å²) < 4.78 is 16.6. The van der Waals surface area contributed by atoms with Crippen molar-refractivity contribution in [2.24, 2.45) is 0 Å². The molecule has 30 heavy (non-hydrogen) atoms. The first-order valence-corrected chi connectivity index (χ1v) is 9.74. The number of anilines is 1. The minimum absolute atomic E-state index is 0.171. The second-order valence-electron chi connectivity index (χ2n) is 7.22. The fourth-order valence-electron chi connectivity index (χ4n) is 3.45. The Morgan fingerprint density at radius 1 is 0.867 bits per heavy atom. The Kier molecular flexibility index (Phi) is 6.62. The highest BCUT2D eigenvalue weighted by atomic mass is 16.5. The molecule has 0 radical (unpaired) electrons. The largest absolute Gasteiger partial charge is 0.497 e. The van der Waals surface area contributed by atoms with Crippen LogP contribution in [-0.4, -0.2) is 20.1 Å². The molecule has 0 saturated carbocycles. The molecule has 0 aliphatic heterocycles. The average Bonchev–Trinajstić information content (AvgIpc) is 2.74. The summed E-state index contributed by atoms with van der Waals surface area (Å²) in [5.41, 5.74) is 5.41. The minimum atomic E-state index is -0.171. The molecule has 1 amide bonds. The van der Waals surface area contributed by atoms with E-state index < -0.39 is 0 Å². The van der Waals surface area contributed by atoms with Gasteiger partial charge in [-0.15, -0.1) is 0 Å². The van der Waals surface area contributed by atoms with Crippen LogP contribution >= 0.6 is 0 Å². The number of methoxy groups -OCH3 is 2. The molecule has 0 bridgehead atoms. The van der Waals surface area contributed by atoms with Crippen molar-refractivity contribution in [2.75, 3.05) is 19.5 Å². The maximum Gasteiger partial charge on any atom is 0.255 e. The van der Waals surface area contributed by atoms with Crippen molar-refractivity contribution < 1.29 is 19.0 Å². The van der Waals surface area contributed by atoms with Gasteiger partial charge in [0.05, 0.1) is 14.2 Å². The van der Waals surface area contributed by atoms with Crippen molar-refractivity contribution in [3.63, 3.8) is 0 Å². The number of hydrogen-bond acceptors (Lipinski definition) is 4. The monoisotopic (exact) mass is 405 g/mol. The first-order valence-electron chi connectivity index (χ1n) is 9.74. The van der Waals surface area contributed by atoms with Gasteiger partial charge in [-0.25, -0.2) is 0 Å². The van der Waals surface area contributed by atoms with Crippen molar-refractivity contribution >= 4 is 11.6 Å². The van der Waals surface area contributed by atoms with Gasteiger partial charge in [-0.2, -0.15) is 0 Å². The zero-order valence-electron chi connectivity index (χ0n) is 18.0. The van der Waals surface area contributed by atoms with E-state index >= 15 is 0 Å². The molecule has 1 N–H and O–H groups in total. The standard InChI is InChI=1S/C25H27NO4/c1-16-11-17(2)24(18(3)12-16)26-25(27)19-9-10-23(29-5)20(13-19)15-30-22-8-6-7-21(14-22)28-4/h6-14H,15H2,1-5H3,(H,26,27). The number of carbonyl (C=O) groups is 1. The third kappa shape index (κ3) is 4.92. The van der Waals surface area contributed by atoms with E-state index in [-0.39, 0.29) is 12.5 Å². The van der Waals surface area contributed by atoms with Crippen molar-refractivity contribution in [1.82, 2.24) is 0 Å². The fraction of sp³-hybridized carbons (Fsp3) is 0.240. The van der Waals surface area contributed by atoms with E-state index in [1.807, 2.05) is 45.0 Å². The molecule has 3 aromatic carbocycles. The summed E-state index contributed by atoms with van der Waals surface area (Å²) in [6.07, 6.45) is 0. The molecule has 0 spiro atoms. The first-order chi connectivity index (χ1) is 14.4. The van der Waals surface area contributed by atoms with Gasteiger partial charge in [0.25, 0.3) is 5.91 Å². The average molecular weight is 405 g/mol. The minimum Gasteiger partial charge on any atom is -0.497 e. The lowest BCUT2D eigenvalue weighted by molar-refractivity contribution is 0.102. The quantitative estimate of drug-likeness (QED) is 0.567. The van der Waals surface area contributed by atoms with E-state index in [1.165, 1.54) is 5.56 Å². The van der Waals surface area contributed by atoms with E-state index in [4.69, 9.17) is 14.2 Å². The van der Waals surface area contributed by atoms with E-state index in [1.54, 1.807) is 32.4 Å². The zero-order valence-corrected chi connectivity index (χ0v) is 18.0. The number of nitrogens with one attached hydrogen (secondary N) is 1. The van der Waals surface area contributed by atoms with Gasteiger partial charge in [-0.1, -0.05) is 23.8 Å². The third-order valence-electron chi connectivity index (χ3n) is 4.89. The van der Waals surface area contributed by atoms with Crippen LogP contribution in [0.15, 0.2) is 54.6 Å². The van der Waals surface area contributed by atoms with E-state index in [0.717, 1.165) is 28.1 Å². The van der Waals surface area contributed by atoms with Gasteiger partial charge in [0.1, 0.15) is 23.9 Å². The Balaban J connectivity index is 1.80. The second kappa shape index (κ2) is 9.35. The predicted octanol–water partition coefficient (Wildman–Crippen LogP) is 5.46. The molecule has 5 nitrogen and oxygen atoms in total. The second-order valence-corrected chi connectivity index (χ2v) is 7.22. The predicted molar refractivity (Wildman–Crippen MR) is 119 cm³/mol. The summed E-state index contributed by atoms with van der Waals surface area (Å²) in [6.45, 7) is 6.30. The molecule has 156 valence electrons. The molecular weight excluding hydrogens is 378 g/mol. The molecule has 5 heteroatoms. The lowest BCUT2D eigenvalue weighted by Gasteiger charge is -2.15. The van der Waals surface area contributed by atoms with Crippen molar-refractivity contribution in [1.29, 1.82) is 0 Å². The maximum atomic E-state index is 12.9. The van der Waals surface area contributed by atoms with Gasteiger partial charge < -0.3 is 19.5 Å². The van der Waals surface area contributed by atoms with Crippen LogP contribution in [0.25, 0.3) is 0 Å². The van der Waals surface area contributed by atoms with Crippen LogP contribution in [0.2, 0.25) is 0 Å². The summed E-state index contributed by atoms with van der Waals surface area (Å²) in [4.78, 5) is 12.9. The number of hydrogen-bond donors (Lipinski definition) is 1. The molecule has 3 rings (SSSR count). The van der Waals surface area contributed by atoms with E-state index in [9.17, 15) is 4.79 Å². The highest BCUT2D eigenvalue weighted by Crippen LogP contribution is 2.26. The third-order valence-corrected chi connectivity index (χ3v) is 4.89. The summed E-state index contributed by atoms with van der Waals surface area (Å²) in [7, 11) is 3.21. The van der Waals surface area contributed by atoms with Crippen LogP contribution in [0.3, 0.4) is 0 Å². The van der Waals surface area contributed by atoms with Gasteiger partial charge in [0.2, 0.25) is 0 Å². The highest BCUT2D eigenvalue weighted by molar-refractivity contribution is 6.05. The lowest BCUT2D eigenvalue weighted by atomic mass is 10.0. The summed E-state index contributed by atoms with van der Waals surface area (Å²) in [5, 5.41) is 3.04. The summed E-state index contributed by atoms with van der Waals surface area (Å²) in [6, 6.07) is 16.8. The van der Waals surface area contributed by atoms with Crippen LogP contribution < -0.4 is 19.5 Å². The Labute approximate surface area is 177 Å². The zero-order chi connectivity index (χ0) is 21.7. The van der Waals surface area contributed by atoms with Gasteiger partial charge >= 0.3 is 0 Å². The molecule has 0 atom stereocenters. The topological polar surface area (TPSA) is 56.8 Å². The van der Waals surface area contributed by atoms with Crippen LogP contribution in [0.5, 0.6) is 17.2 Å². The van der Waals surface area contributed by atoms with E-state index in [2.05, 4.69) is 17.4 Å². The Bertz CT molecular complexity index is 1040. The molecule has 0 heterocycles. The molecule has 0 fully saturated rings. The Morgan fingerprint density at radius 3 is 2.23 bits per heavy atom. The summed E-state index contributed by atoms with van der Waals surface area (Å²) >= 11 is 0. The number of aryl methyl sites for hydroxylation is 3. The fourth-order valence-corrected chi connectivity index (χ4v) is 3.45. The molecule has 0 aliphatic carbocycles. The first kappa shape index (κ1) is 21.2. The van der Waals surface area contributed by atoms with Gasteiger partial charge in [-0.05, 0) is 62.2 Å². The van der Waals surface area contributed by atoms with Crippen LogP contribution in [0.4, 0.5) is 5.69 Å². The van der Waals surface area contributed by atoms with Crippen molar-refractivity contribution in [3.8, 4) is 17.2 Å². The number of rotatable bonds is 7. The van der Waals surface area contributed by atoms with Crippen LogP contribution in [-0.2, 0) is 6.61 Å². The molecule has 0 aliphatic rings. The number of benzene rings is 3. The Hall–Kier alpha value is -3.47. The highest BCUT2D eigenvalue weighted by Gasteiger charge is 2.14. The molecule has 0 saturated heterocycles. The number of carbonyl (C=O) groups excluding carboxylic acids is 1.